The lowest BCUT2D eigenvalue weighted by molar-refractivity contribution is 0.0457. The van der Waals surface area contributed by atoms with Gasteiger partial charge in [0.05, 0.1) is 12.1 Å². The number of amides is 1. The predicted molar refractivity (Wildman–Crippen MR) is 120 cm³/mol. The molecule has 1 atom stereocenters. The van der Waals surface area contributed by atoms with E-state index in [9.17, 15) is 18.8 Å². The Hall–Kier alpha value is -2.74. The monoisotopic (exact) mass is 442 g/mol. The smallest absolute Gasteiger partial charge is 0.328 e. The molecule has 0 bridgehead atoms. The molecule has 1 N–H and O–H groups in total. The molecule has 0 unspecified atom stereocenters. The van der Waals surface area contributed by atoms with E-state index in [0.717, 1.165) is 25.4 Å². The first-order valence-electron chi connectivity index (χ1n) is 11.5. The number of hydrogen-bond acceptors (Lipinski definition) is 4. The highest BCUT2D eigenvalue weighted by Gasteiger charge is 2.33. The lowest BCUT2D eigenvalue weighted by Gasteiger charge is -2.41. The summed E-state index contributed by atoms with van der Waals surface area (Å²) in [5, 5.41) is 0. The summed E-state index contributed by atoms with van der Waals surface area (Å²) in [6, 6.07) is 4.67. The third-order valence-corrected chi connectivity index (χ3v) is 6.63. The number of nitrogens with one attached hydrogen (secondary N) is 1. The summed E-state index contributed by atoms with van der Waals surface area (Å²) in [6.45, 7) is 7.22. The van der Waals surface area contributed by atoms with Crippen LogP contribution in [0.2, 0.25) is 0 Å². The summed E-state index contributed by atoms with van der Waals surface area (Å²) in [5.41, 5.74) is 0.237. The van der Waals surface area contributed by atoms with E-state index in [4.69, 9.17) is 0 Å². The van der Waals surface area contributed by atoms with E-state index in [1.807, 2.05) is 6.92 Å². The highest BCUT2D eigenvalue weighted by Crippen LogP contribution is 2.31. The van der Waals surface area contributed by atoms with Crippen LogP contribution in [0, 0.1) is 11.7 Å². The van der Waals surface area contributed by atoms with Crippen molar-refractivity contribution in [2.75, 3.05) is 26.2 Å². The summed E-state index contributed by atoms with van der Waals surface area (Å²) in [7, 11) is 0. The Morgan fingerprint density at radius 3 is 2.66 bits per heavy atom. The van der Waals surface area contributed by atoms with Crippen molar-refractivity contribution in [2.45, 2.75) is 52.1 Å². The summed E-state index contributed by atoms with van der Waals surface area (Å²) in [6.07, 6.45) is 5.57. The molecule has 0 radical (unpaired) electrons. The second-order valence-electron chi connectivity index (χ2n) is 8.96. The molecule has 2 heterocycles. The van der Waals surface area contributed by atoms with Gasteiger partial charge in [-0.15, -0.1) is 0 Å². The van der Waals surface area contributed by atoms with Crippen LogP contribution in [0.1, 0.15) is 54.6 Å². The number of H-pyrrole nitrogens is 1. The quantitative estimate of drug-likeness (QED) is 0.713. The summed E-state index contributed by atoms with van der Waals surface area (Å²) >= 11 is 0. The fraction of sp³-hybridized carbons (Fsp3) is 0.542. The van der Waals surface area contributed by atoms with Crippen LogP contribution < -0.4 is 11.2 Å². The van der Waals surface area contributed by atoms with E-state index >= 15 is 0 Å². The number of benzene rings is 1. The number of aromatic nitrogens is 2. The number of aromatic amines is 1. The minimum absolute atomic E-state index is 0.0289. The van der Waals surface area contributed by atoms with Crippen molar-refractivity contribution in [1.82, 2.24) is 19.4 Å². The number of carbonyl (C=O) groups is 1. The third kappa shape index (κ3) is 4.85. The molecule has 2 aromatic rings. The van der Waals surface area contributed by atoms with Crippen LogP contribution in [0.25, 0.3) is 0 Å². The maximum absolute atomic E-state index is 14.6. The third-order valence-electron chi connectivity index (χ3n) is 6.63. The van der Waals surface area contributed by atoms with E-state index in [0.29, 0.717) is 36.7 Å². The molecule has 1 saturated heterocycles. The van der Waals surface area contributed by atoms with Crippen molar-refractivity contribution in [2.24, 2.45) is 5.92 Å². The minimum Gasteiger partial charge on any atom is -0.336 e. The first kappa shape index (κ1) is 22.5. The summed E-state index contributed by atoms with van der Waals surface area (Å²) in [5.74, 6) is -0.0720. The average molecular weight is 443 g/mol. The molecule has 1 aliphatic heterocycles. The first-order chi connectivity index (χ1) is 15.4. The Bertz CT molecular complexity index is 1110. The van der Waals surface area contributed by atoms with Crippen molar-refractivity contribution in [3.63, 3.8) is 0 Å². The Balaban J connectivity index is 1.52. The fourth-order valence-corrected chi connectivity index (χ4v) is 4.46. The van der Waals surface area contributed by atoms with Crippen molar-refractivity contribution < 1.29 is 9.18 Å². The van der Waals surface area contributed by atoms with Gasteiger partial charge in [0, 0.05) is 44.0 Å². The van der Waals surface area contributed by atoms with E-state index < -0.39 is 17.1 Å². The second kappa shape index (κ2) is 9.40. The highest BCUT2D eigenvalue weighted by molar-refractivity contribution is 5.94. The van der Waals surface area contributed by atoms with Gasteiger partial charge in [0.1, 0.15) is 5.82 Å². The van der Waals surface area contributed by atoms with Crippen molar-refractivity contribution in [3.8, 4) is 0 Å². The molecule has 2 fully saturated rings. The van der Waals surface area contributed by atoms with Crippen LogP contribution in [0.15, 0.2) is 34.0 Å². The number of aryl methyl sites for hydroxylation is 1. The van der Waals surface area contributed by atoms with Crippen molar-refractivity contribution in [3.05, 3.63) is 67.7 Å². The molecular weight excluding hydrogens is 411 g/mol. The lowest BCUT2D eigenvalue weighted by Crippen LogP contribution is -2.55. The first-order valence-corrected chi connectivity index (χ1v) is 11.5. The number of piperazine rings is 1. The fourth-order valence-electron chi connectivity index (χ4n) is 4.46. The molecule has 4 rings (SSSR count). The van der Waals surface area contributed by atoms with Gasteiger partial charge in [-0.1, -0.05) is 19.9 Å². The number of nitrogens with zero attached hydrogens (tertiary/aromatic N) is 3. The summed E-state index contributed by atoms with van der Waals surface area (Å²) < 4.78 is 16.0. The van der Waals surface area contributed by atoms with E-state index in [-0.39, 0.29) is 18.0 Å². The van der Waals surface area contributed by atoms with Gasteiger partial charge < -0.3 is 4.90 Å². The normalized spacial score (nSPS) is 19.3. The topological polar surface area (TPSA) is 78.4 Å². The van der Waals surface area contributed by atoms with Gasteiger partial charge in [-0.05, 0) is 49.3 Å². The molecule has 1 aromatic heterocycles. The van der Waals surface area contributed by atoms with E-state index in [1.54, 1.807) is 11.0 Å². The maximum atomic E-state index is 14.6. The Morgan fingerprint density at radius 1 is 1.19 bits per heavy atom. The molecule has 32 heavy (non-hydrogen) atoms. The Kier molecular flexibility index (Phi) is 6.60. The Morgan fingerprint density at radius 2 is 1.97 bits per heavy atom. The molecule has 1 saturated carbocycles. The van der Waals surface area contributed by atoms with Crippen molar-refractivity contribution >= 4 is 5.91 Å². The van der Waals surface area contributed by atoms with Crippen LogP contribution in [-0.2, 0) is 13.0 Å². The van der Waals surface area contributed by atoms with Gasteiger partial charge in [-0.3, -0.25) is 24.0 Å². The molecule has 0 spiro atoms. The van der Waals surface area contributed by atoms with Gasteiger partial charge in [-0.25, -0.2) is 9.18 Å². The largest absolute Gasteiger partial charge is 0.336 e. The molecule has 172 valence electrons. The predicted octanol–water partition coefficient (Wildman–Crippen LogP) is 2.23. The van der Waals surface area contributed by atoms with E-state index in [2.05, 4.69) is 16.8 Å². The highest BCUT2D eigenvalue weighted by atomic mass is 19.1. The standard InChI is InChI=1S/C24H31FN4O3/c1-3-18-14-29(24(32)26-22(18)30)13-17-7-8-21(25)20(11-17)23(31)28-10-9-27(12-16-5-6-16)19(4-2)15-28/h7-8,11,14,16,19H,3-6,9-10,12-13,15H2,1-2H3,(H,26,30,32)/t19-/m1/s1. The molecular formula is C24H31FN4O3. The molecule has 1 amide bonds. The van der Waals surface area contributed by atoms with Gasteiger partial charge in [0.25, 0.3) is 11.5 Å². The van der Waals surface area contributed by atoms with Crippen LogP contribution in [-0.4, -0.2) is 57.5 Å². The van der Waals surface area contributed by atoms with Gasteiger partial charge in [0.2, 0.25) is 0 Å². The van der Waals surface area contributed by atoms with Crippen molar-refractivity contribution in [1.29, 1.82) is 0 Å². The molecule has 1 aromatic carbocycles. The molecule has 2 aliphatic rings. The van der Waals surface area contributed by atoms with Crippen LogP contribution in [0.3, 0.4) is 0 Å². The summed E-state index contributed by atoms with van der Waals surface area (Å²) in [4.78, 5) is 43.7. The number of rotatable bonds is 7. The van der Waals surface area contributed by atoms with Crippen LogP contribution in [0.4, 0.5) is 4.39 Å². The second-order valence-corrected chi connectivity index (χ2v) is 8.96. The number of hydrogen-bond donors (Lipinski definition) is 1. The molecule has 1 aliphatic carbocycles. The zero-order chi connectivity index (χ0) is 22.8. The molecule has 8 heteroatoms. The maximum Gasteiger partial charge on any atom is 0.328 e. The van der Waals surface area contributed by atoms with Gasteiger partial charge >= 0.3 is 5.69 Å². The zero-order valence-corrected chi connectivity index (χ0v) is 18.8. The zero-order valence-electron chi connectivity index (χ0n) is 18.8. The SMILES string of the molecule is CCc1cn(Cc2ccc(F)c(C(=O)N3CCN(CC4CC4)[C@H](CC)C3)c2)c(=O)[nH]c1=O. The minimum atomic E-state index is -0.560. The van der Waals surface area contributed by atoms with Crippen LogP contribution >= 0.6 is 0 Å². The Labute approximate surface area is 186 Å². The van der Waals surface area contributed by atoms with E-state index in [1.165, 1.54) is 35.7 Å². The number of halogens is 1. The van der Waals surface area contributed by atoms with Gasteiger partial charge in [-0.2, -0.15) is 0 Å². The van der Waals surface area contributed by atoms with Gasteiger partial charge in [0.15, 0.2) is 0 Å². The number of carbonyl (C=O) groups excluding carboxylic acids is 1. The molecule has 7 nitrogen and oxygen atoms in total. The lowest BCUT2D eigenvalue weighted by atomic mass is 10.1. The van der Waals surface area contributed by atoms with Crippen LogP contribution in [0.5, 0.6) is 0 Å². The average Bonchev–Trinajstić information content (AvgIpc) is 3.60.